The van der Waals surface area contributed by atoms with Crippen LogP contribution >= 0.6 is 0 Å². The Morgan fingerprint density at radius 3 is 2.68 bits per heavy atom. The van der Waals surface area contributed by atoms with Crippen molar-refractivity contribution in [3.63, 3.8) is 0 Å². The van der Waals surface area contributed by atoms with Crippen LogP contribution in [-0.4, -0.2) is 22.2 Å². The maximum atomic E-state index is 11.7. The zero-order valence-electron chi connectivity index (χ0n) is 12.3. The van der Waals surface area contributed by atoms with Gasteiger partial charge in [0.15, 0.2) is 5.76 Å². The molecule has 1 N–H and O–H groups in total. The number of aromatic nitrogens is 2. The molecule has 0 atom stereocenters. The highest BCUT2D eigenvalue weighted by Gasteiger charge is 2.07. The van der Waals surface area contributed by atoms with Crippen LogP contribution in [0, 0.1) is 0 Å². The number of carbonyl (C=O) groups is 1. The molecule has 0 aliphatic carbocycles. The summed E-state index contributed by atoms with van der Waals surface area (Å²) in [6.07, 6.45) is 6.10. The monoisotopic (exact) mass is 295 g/mol. The molecule has 112 valence electrons. The van der Waals surface area contributed by atoms with Gasteiger partial charge in [0.2, 0.25) is 0 Å². The summed E-state index contributed by atoms with van der Waals surface area (Å²) in [4.78, 5) is 11.7. The largest absolute Gasteiger partial charge is 0.459 e. The number of benzene rings is 1. The minimum absolute atomic E-state index is 0.183. The molecule has 0 aliphatic rings. The number of furan rings is 1. The number of carbonyl (C=O) groups excluding carboxylic acids is 1. The zero-order valence-corrected chi connectivity index (χ0v) is 12.3. The third kappa shape index (κ3) is 3.25. The van der Waals surface area contributed by atoms with Gasteiger partial charge in [-0.3, -0.25) is 9.48 Å². The van der Waals surface area contributed by atoms with Gasteiger partial charge >= 0.3 is 0 Å². The molecule has 0 unspecified atom stereocenters. The van der Waals surface area contributed by atoms with E-state index in [4.69, 9.17) is 4.42 Å². The Labute approximate surface area is 128 Å². The van der Waals surface area contributed by atoms with Gasteiger partial charge in [-0.15, -0.1) is 0 Å². The first-order valence-corrected chi connectivity index (χ1v) is 7.12. The first kappa shape index (κ1) is 14.1. The van der Waals surface area contributed by atoms with E-state index in [1.54, 1.807) is 16.8 Å². The van der Waals surface area contributed by atoms with E-state index in [0.717, 1.165) is 17.5 Å². The Bertz CT molecular complexity index is 743. The Morgan fingerprint density at radius 2 is 2.05 bits per heavy atom. The first-order chi connectivity index (χ1) is 10.7. The summed E-state index contributed by atoms with van der Waals surface area (Å²) < 4.78 is 6.83. The predicted molar refractivity (Wildman–Crippen MR) is 83.4 cm³/mol. The van der Waals surface area contributed by atoms with Crippen molar-refractivity contribution in [3.8, 4) is 11.1 Å². The summed E-state index contributed by atoms with van der Waals surface area (Å²) in [6, 6.07) is 11.6. The molecular formula is C17H17N3O2. The second kappa shape index (κ2) is 6.30. The molecule has 2 aromatic heterocycles. The standard InChI is InChI=1S/C17H17N3O2/c1-20-12-15(11-19-20)14-6-4-13(5-7-14)8-9-18-17(21)16-3-2-10-22-16/h2-7,10-12H,8-9H2,1H3,(H,18,21). The SMILES string of the molecule is Cn1cc(-c2ccc(CCNC(=O)c3ccco3)cc2)cn1. The van der Waals surface area contributed by atoms with Crippen molar-refractivity contribution in [1.82, 2.24) is 15.1 Å². The lowest BCUT2D eigenvalue weighted by Gasteiger charge is -2.04. The fourth-order valence-electron chi connectivity index (χ4n) is 2.25. The summed E-state index contributed by atoms with van der Waals surface area (Å²) in [5.74, 6) is 0.156. The van der Waals surface area contributed by atoms with Crippen molar-refractivity contribution in [2.24, 2.45) is 7.05 Å². The smallest absolute Gasteiger partial charge is 0.286 e. The van der Waals surface area contributed by atoms with E-state index in [9.17, 15) is 4.79 Å². The summed E-state index contributed by atoms with van der Waals surface area (Å²) in [5.41, 5.74) is 3.41. The normalized spacial score (nSPS) is 10.6. The van der Waals surface area contributed by atoms with Crippen LogP contribution in [0.5, 0.6) is 0 Å². The van der Waals surface area contributed by atoms with Gasteiger partial charge < -0.3 is 9.73 Å². The minimum Gasteiger partial charge on any atom is -0.459 e. The van der Waals surface area contributed by atoms with Gasteiger partial charge in [0.1, 0.15) is 0 Å². The van der Waals surface area contributed by atoms with Gasteiger partial charge in [-0.1, -0.05) is 24.3 Å². The van der Waals surface area contributed by atoms with Crippen molar-refractivity contribution in [3.05, 3.63) is 66.4 Å². The van der Waals surface area contributed by atoms with Crippen LogP contribution in [0.3, 0.4) is 0 Å². The summed E-state index contributed by atoms with van der Waals surface area (Å²) in [7, 11) is 1.90. The molecule has 1 amide bonds. The number of aryl methyl sites for hydroxylation is 1. The van der Waals surface area contributed by atoms with Crippen LogP contribution in [-0.2, 0) is 13.5 Å². The molecule has 5 nitrogen and oxygen atoms in total. The second-order valence-corrected chi connectivity index (χ2v) is 5.08. The molecule has 0 bridgehead atoms. The lowest BCUT2D eigenvalue weighted by Crippen LogP contribution is -2.25. The van der Waals surface area contributed by atoms with Crippen molar-refractivity contribution < 1.29 is 9.21 Å². The van der Waals surface area contributed by atoms with E-state index in [1.165, 1.54) is 11.8 Å². The number of nitrogens with zero attached hydrogens (tertiary/aromatic N) is 2. The van der Waals surface area contributed by atoms with Crippen molar-refractivity contribution >= 4 is 5.91 Å². The lowest BCUT2D eigenvalue weighted by atomic mass is 10.1. The number of hydrogen-bond donors (Lipinski definition) is 1. The Hall–Kier alpha value is -2.82. The summed E-state index contributed by atoms with van der Waals surface area (Å²) in [5, 5.41) is 7.01. The highest BCUT2D eigenvalue weighted by Crippen LogP contribution is 2.18. The number of rotatable bonds is 5. The third-order valence-electron chi connectivity index (χ3n) is 3.44. The molecule has 0 spiro atoms. The van der Waals surface area contributed by atoms with E-state index < -0.39 is 0 Å². The molecule has 5 heteroatoms. The average molecular weight is 295 g/mol. The highest BCUT2D eigenvalue weighted by atomic mass is 16.3. The molecule has 3 rings (SSSR count). The van der Waals surface area contributed by atoms with Crippen LogP contribution < -0.4 is 5.32 Å². The average Bonchev–Trinajstić information content (AvgIpc) is 3.19. The van der Waals surface area contributed by atoms with Crippen molar-refractivity contribution in [2.75, 3.05) is 6.54 Å². The molecule has 1 aromatic carbocycles. The lowest BCUT2D eigenvalue weighted by molar-refractivity contribution is 0.0926. The molecule has 0 radical (unpaired) electrons. The van der Waals surface area contributed by atoms with E-state index in [0.29, 0.717) is 12.3 Å². The van der Waals surface area contributed by atoms with Crippen molar-refractivity contribution in [1.29, 1.82) is 0 Å². The quantitative estimate of drug-likeness (QED) is 0.787. The fraction of sp³-hybridized carbons (Fsp3) is 0.176. The second-order valence-electron chi connectivity index (χ2n) is 5.08. The summed E-state index contributed by atoms with van der Waals surface area (Å²) >= 11 is 0. The van der Waals surface area contributed by atoms with Crippen LogP contribution in [0.25, 0.3) is 11.1 Å². The number of hydrogen-bond acceptors (Lipinski definition) is 3. The van der Waals surface area contributed by atoms with Gasteiger partial charge in [0.05, 0.1) is 12.5 Å². The van der Waals surface area contributed by atoms with Crippen LogP contribution in [0.2, 0.25) is 0 Å². The molecule has 2 heterocycles. The van der Waals surface area contributed by atoms with Crippen LogP contribution in [0.4, 0.5) is 0 Å². The molecule has 0 aliphatic heterocycles. The predicted octanol–water partition coefficient (Wildman–Crippen LogP) is 2.65. The van der Waals surface area contributed by atoms with E-state index >= 15 is 0 Å². The van der Waals surface area contributed by atoms with Crippen LogP contribution in [0.1, 0.15) is 16.1 Å². The van der Waals surface area contributed by atoms with Gasteiger partial charge in [-0.05, 0) is 29.7 Å². The fourth-order valence-corrected chi connectivity index (χ4v) is 2.25. The maximum Gasteiger partial charge on any atom is 0.286 e. The van der Waals surface area contributed by atoms with Gasteiger partial charge in [0.25, 0.3) is 5.91 Å². The molecule has 0 saturated heterocycles. The summed E-state index contributed by atoms with van der Waals surface area (Å²) in [6.45, 7) is 0.575. The molecular weight excluding hydrogens is 278 g/mol. The number of amides is 1. The molecule has 3 aromatic rings. The van der Waals surface area contributed by atoms with Crippen LogP contribution in [0.15, 0.2) is 59.5 Å². The third-order valence-corrected chi connectivity index (χ3v) is 3.44. The minimum atomic E-state index is -0.183. The Balaban J connectivity index is 1.54. The first-order valence-electron chi connectivity index (χ1n) is 7.12. The Morgan fingerprint density at radius 1 is 1.23 bits per heavy atom. The van der Waals surface area contributed by atoms with Crippen molar-refractivity contribution in [2.45, 2.75) is 6.42 Å². The van der Waals surface area contributed by atoms with E-state index in [2.05, 4.69) is 34.7 Å². The van der Waals surface area contributed by atoms with E-state index in [-0.39, 0.29) is 5.91 Å². The molecule has 22 heavy (non-hydrogen) atoms. The van der Waals surface area contributed by atoms with E-state index in [1.807, 2.05) is 19.4 Å². The van der Waals surface area contributed by atoms with Gasteiger partial charge in [0, 0.05) is 25.4 Å². The zero-order chi connectivity index (χ0) is 15.4. The maximum absolute atomic E-state index is 11.7. The van der Waals surface area contributed by atoms with Gasteiger partial charge in [-0.25, -0.2) is 0 Å². The van der Waals surface area contributed by atoms with Gasteiger partial charge in [-0.2, -0.15) is 5.10 Å². The number of nitrogens with one attached hydrogen (secondary N) is 1. The molecule has 0 saturated carbocycles. The highest BCUT2D eigenvalue weighted by molar-refractivity contribution is 5.91. The topological polar surface area (TPSA) is 60.1 Å². The molecule has 0 fully saturated rings. The Kier molecular flexibility index (Phi) is 4.05.